The standard InChI is InChI=1S/C18H26N2O2/c1-3-12-22-17-6-4-15(13-16(17)19)5-7-18(21)20-10-8-14(2)9-11-20/h4-7,13-14H,3,8-12,19H2,1-2H3/b7-5-. The molecule has 0 saturated carbocycles. The molecule has 1 amide bonds. The zero-order valence-electron chi connectivity index (χ0n) is 13.5. The quantitative estimate of drug-likeness (QED) is 0.670. The van der Waals surface area contributed by atoms with Crippen LogP contribution >= 0.6 is 0 Å². The minimum atomic E-state index is 0.0804. The van der Waals surface area contributed by atoms with Crippen molar-refractivity contribution in [2.45, 2.75) is 33.1 Å². The Bertz CT molecular complexity index is 532. The third kappa shape index (κ3) is 4.52. The highest BCUT2D eigenvalue weighted by Crippen LogP contribution is 2.23. The number of carbonyl (C=O) groups excluding carboxylic acids is 1. The van der Waals surface area contributed by atoms with Gasteiger partial charge in [-0.25, -0.2) is 0 Å². The van der Waals surface area contributed by atoms with Gasteiger partial charge >= 0.3 is 0 Å². The molecule has 0 radical (unpaired) electrons. The van der Waals surface area contributed by atoms with E-state index in [2.05, 4.69) is 13.8 Å². The van der Waals surface area contributed by atoms with Gasteiger partial charge in [0, 0.05) is 19.2 Å². The van der Waals surface area contributed by atoms with Gasteiger partial charge in [0.15, 0.2) is 0 Å². The van der Waals surface area contributed by atoms with Gasteiger partial charge in [0.1, 0.15) is 5.75 Å². The number of ether oxygens (including phenoxy) is 1. The maximum Gasteiger partial charge on any atom is 0.246 e. The molecule has 1 saturated heterocycles. The molecule has 1 heterocycles. The topological polar surface area (TPSA) is 55.6 Å². The van der Waals surface area contributed by atoms with Gasteiger partial charge in [-0.3, -0.25) is 4.79 Å². The summed E-state index contributed by atoms with van der Waals surface area (Å²) in [6, 6.07) is 5.62. The van der Waals surface area contributed by atoms with Crippen LogP contribution in [0.1, 0.15) is 38.7 Å². The van der Waals surface area contributed by atoms with Crippen molar-refractivity contribution in [1.82, 2.24) is 4.90 Å². The van der Waals surface area contributed by atoms with E-state index in [1.54, 1.807) is 6.08 Å². The first-order chi connectivity index (χ1) is 10.6. The number of likely N-dealkylation sites (tertiary alicyclic amines) is 1. The predicted molar refractivity (Wildman–Crippen MR) is 90.7 cm³/mol. The number of piperidine rings is 1. The number of rotatable bonds is 5. The first-order valence-electron chi connectivity index (χ1n) is 8.09. The number of benzene rings is 1. The van der Waals surface area contributed by atoms with Crippen molar-refractivity contribution >= 4 is 17.7 Å². The maximum atomic E-state index is 12.2. The van der Waals surface area contributed by atoms with Crippen LogP contribution in [0, 0.1) is 5.92 Å². The minimum Gasteiger partial charge on any atom is -0.491 e. The zero-order chi connectivity index (χ0) is 15.9. The van der Waals surface area contributed by atoms with Crippen molar-refractivity contribution in [3.05, 3.63) is 29.8 Å². The van der Waals surface area contributed by atoms with Crippen LogP contribution in [0.2, 0.25) is 0 Å². The van der Waals surface area contributed by atoms with Gasteiger partial charge in [-0.1, -0.05) is 19.9 Å². The van der Waals surface area contributed by atoms with Crippen LogP contribution in [0.3, 0.4) is 0 Å². The molecule has 0 aromatic heterocycles. The highest BCUT2D eigenvalue weighted by Gasteiger charge is 2.18. The number of anilines is 1. The van der Waals surface area contributed by atoms with Crippen LogP contribution in [-0.4, -0.2) is 30.5 Å². The summed E-state index contributed by atoms with van der Waals surface area (Å²) in [5.74, 6) is 1.51. The van der Waals surface area contributed by atoms with Crippen molar-refractivity contribution in [2.75, 3.05) is 25.4 Å². The number of hydrogen-bond donors (Lipinski definition) is 1. The van der Waals surface area contributed by atoms with E-state index in [4.69, 9.17) is 10.5 Å². The molecule has 22 heavy (non-hydrogen) atoms. The van der Waals surface area contributed by atoms with Crippen molar-refractivity contribution in [2.24, 2.45) is 5.92 Å². The summed E-state index contributed by atoms with van der Waals surface area (Å²) in [6.07, 6.45) is 6.59. The lowest BCUT2D eigenvalue weighted by atomic mass is 9.99. The van der Waals surface area contributed by atoms with Gasteiger partial charge < -0.3 is 15.4 Å². The Morgan fingerprint density at radius 3 is 2.77 bits per heavy atom. The fraction of sp³-hybridized carbons (Fsp3) is 0.500. The average molecular weight is 302 g/mol. The SMILES string of the molecule is CCCOc1ccc(/C=C\C(=O)N2CCC(C)CC2)cc1N. The molecule has 0 spiro atoms. The van der Waals surface area contributed by atoms with Gasteiger partial charge in [-0.15, -0.1) is 0 Å². The first kappa shape index (κ1) is 16.4. The van der Waals surface area contributed by atoms with Gasteiger partial charge in [0.05, 0.1) is 12.3 Å². The number of nitrogens with zero attached hydrogens (tertiary/aromatic N) is 1. The fourth-order valence-electron chi connectivity index (χ4n) is 2.52. The van der Waals surface area contributed by atoms with E-state index in [0.29, 0.717) is 18.0 Å². The molecule has 1 aromatic rings. The van der Waals surface area contributed by atoms with Crippen LogP contribution < -0.4 is 10.5 Å². The lowest BCUT2D eigenvalue weighted by molar-refractivity contribution is -0.127. The molecule has 0 bridgehead atoms. The minimum absolute atomic E-state index is 0.0804. The van der Waals surface area contributed by atoms with Crippen molar-refractivity contribution < 1.29 is 9.53 Å². The van der Waals surface area contributed by atoms with Crippen molar-refractivity contribution in [3.63, 3.8) is 0 Å². The van der Waals surface area contributed by atoms with E-state index < -0.39 is 0 Å². The van der Waals surface area contributed by atoms with Gasteiger partial charge in [-0.05, 0) is 49.0 Å². The molecular weight excluding hydrogens is 276 g/mol. The molecule has 2 rings (SSSR count). The molecular formula is C18H26N2O2. The summed E-state index contributed by atoms with van der Waals surface area (Å²) in [4.78, 5) is 14.1. The summed E-state index contributed by atoms with van der Waals surface area (Å²) in [5, 5.41) is 0. The molecule has 0 unspecified atom stereocenters. The molecule has 4 nitrogen and oxygen atoms in total. The lowest BCUT2D eigenvalue weighted by Gasteiger charge is -2.29. The molecule has 4 heteroatoms. The van der Waals surface area contributed by atoms with Crippen LogP contribution in [0.25, 0.3) is 6.08 Å². The Kier molecular flexibility index (Phi) is 5.87. The van der Waals surface area contributed by atoms with Gasteiger partial charge in [-0.2, -0.15) is 0 Å². The van der Waals surface area contributed by atoms with E-state index >= 15 is 0 Å². The highest BCUT2D eigenvalue weighted by molar-refractivity contribution is 5.92. The number of amides is 1. The molecule has 1 fully saturated rings. The van der Waals surface area contributed by atoms with Gasteiger partial charge in [0.2, 0.25) is 5.91 Å². The number of nitrogens with two attached hydrogens (primary N) is 1. The second kappa shape index (κ2) is 7.87. The Balaban J connectivity index is 1.95. The Hall–Kier alpha value is -1.97. The molecule has 1 aromatic carbocycles. The highest BCUT2D eigenvalue weighted by atomic mass is 16.5. The lowest BCUT2D eigenvalue weighted by Crippen LogP contribution is -2.36. The average Bonchev–Trinajstić information content (AvgIpc) is 2.52. The molecule has 0 aliphatic carbocycles. The van der Waals surface area contributed by atoms with Crippen LogP contribution in [-0.2, 0) is 4.79 Å². The maximum absolute atomic E-state index is 12.2. The number of carbonyl (C=O) groups is 1. The smallest absolute Gasteiger partial charge is 0.246 e. The molecule has 2 N–H and O–H groups in total. The zero-order valence-corrected chi connectivity index (χ0v) is 13.5. The molecule has 120 valence electrons. The van der Waals surface area contributed by atoms with E-state index in [1.165, 1.54) is 0 Å². The molecule has 1 aliphatic rings. The van der Waals surface area contributed by atoms with Crippen molar-refractivity contribution in [3.8, 4) is 5.75 Å². The normalized spacial score (nSPS) is 16.2. The third-order valence-electron chi connectivity index (χ3n) is 4.01. The Morgan fingerprint density at radius 1 is 1.41 bits per heavy atom. The second-order valence-electron chi connectivity index (χ2n) is 5.99. The largest absolute Gasteiger partial charge is 0.491 e. The van der Waals surface area contributed by atoms with Crippen LogP contribution in [0.4, 0.5) is 5.69 Å². The first-order valence-corrected chi connectivity index (χ1v) is 8.09. The van der Waals surface area contributed by atoms with Crippen LogP contribution in [0.15, 0.2) is 24.3 Å². The van der Waals surface area contributed by atoms with E-state index in [0.717, 1.165) is 43.8 Å². The monoisotopic (exact) mass is 302 g/mol. The summed E-state index contributed by atoms with van der Waals surface area (Å²) < 4.78 is 5.55. The summed E-state index contributed by atoms with van der Waals surface area (Å²) in [7, 11) is 0. The van der Waals surface area contributed by atoms with Gasteiger partial charge in [0.25, 0.3) is 0 Å². The Morgan fingerprint density at radius 2 is 2.14 bits per heavy atom. The summed E-state index contributed by atoms with van der Waals surface area (Å²) >= 11 is 0. The fourth-order valence-corrected chi connectivity index (χ4v) is 2.52. The van der Waals surface area contributed by atoms with Crippen molar-refractivity contribution in [1.29, 1.82) is 0 Å². The third-order valence-corrected chi connectivity index (χ3v) is 4.01. The van der Waals surface area contributed by atoms with E-state index in [-0.39, 0.29) is 5.91 Å². The second-order valence-corrected chi connectivity index (χ2v) is 5.99. The number of nitrogen functional groups attached to an aromatic ring is 1. The molecule has 1 aliphatic heterocycles. The van der Waals surface area contributed by atoms with E-state index in [1.807, 2.05) is 29.2 Å². The summed E-state index contributed by atoms with van der Waals surface area (Å²) in [5.41, 5.74) is 7.50. The number of hydrogen-bond acceptors (Lipinski definition) is 3. The van der Waals surface area contributed by atoms with Crippen LogP contribution in [0.5, 0.6) is 5.75 Å². The molecule has 0 atom stereocenters. The Labute approximate surface area is 132 Å². The van der Waals surface area contributed by atoms with E-state index in [9.17, 15) is 4.79 Å². The summed E-state index contributed by atoms with van der Waals surface area (Å²) in [6.45, 7) is 6.67. The predicted octanol–water partition coefficient (Wildman–Crippen LogP) is 3.33.